The van der Waals surface area contributed by atoms with E-state index in [2.05, 4.69) is 12.2 Å². The molecule has 0 aliphatic carbocycles. The summed E-state index contributed by atoms with van der Waals surface area (Å²) >= 11 is 0. The van der Waals surface area contributed by atoms with Crippen LogP contribution in [0, 0.1) is 0 Å². The van der Waals surface area contributed by atoms with E-state index in [0.717, 1.165) is 19.3 Å². The van der Waals surface area contributed by atoms with Crippen LogP contribution in [-0.2, 0) is 14.9 Å². The van der Waals surface area contributed by atoms with E-state index in [1.807, 2.05) is 0 Å². The van der Waals surface area contributed by atoms with Gasteiger partial charge in [-0.2, -0.15) is 0 Å². The molecular weight excluding hydrogens is 313 g/mol. The number of hydrogen-bond donors (Lipinski definition) is 1. The van der Waals surface area contributed by atoms with Crippen molar-refractivity contribution in [2.24, 2.45) is 0 Å². The first-order valence-corrected chi connectivity index (χ1v) is 9.63. The molecule has 1 N–H and O–H groups in total. The Balaban J connectivity index is 0. The van der Waals surface area contributed by atoms with Crippen molar-refractivity contribution >= 4 is 16.0 Å². The van der Waals surface area contributed by atoms with Gasteiger partial charge in [-0.1, -0.05) is 65.2 Å². The molecule has 0 aromatic carbocycles. The van der Waals surface area contributed by atoms with Gasteiger partial charge in [-0.15, -0.1) is 0 Å². The molecule has 0 saturated carbocycles. The Kier molecular flexibility index (Phi) is 16.7. The SMILES string of the molecule is CCCCCCCCCCCC(=O)NC(CC)S(=O)(=O)[O-].[Na+]. The van der Waals surface area contributed by atoms with Gasteiger partial charge in [0.15, 0.2) is 0 Å². The maximum absolute atomic E-state index is 11.6. The van der Waals surface area contributed by atoms with Crippen molar-refractivity contribution in [2.45, 2.75) is 89.9 Å². The van der Waals surface area contributed by atoms with Crippen molar-refractivity contribution in [3.63, 3.8) is 0 Å². The summed E-state index contributed by atoms with van der Waals surface area (Å²) in [6.07, 6.45) is 10.8. The summed E-state index contributed by atoms with van der Waals surface area (Å²) in [7, 11) is -4.44. The van der Waals surface area contributed by atoms with Gasteiger partial charge in [0.05, 0.1) is 0 Å². The van der Waals surface area contributed by atoms with Crippen LogP contribution in [0.25, 0.3) is 0 Å². The molecule has 1 atom stereocenters. The van der Waals surface area contributed by atoms with Crippen LogP contribution < -0.4 is 34.9 Å². The molecule has 0 bridgehead atoms. The van der Waals surface area contributed by atoms with Crippen molar-refractivity contribution in [3.8, 4) is 0 Å². The Morgan fingerprint density at radius 1 is 0.955 bits per heavy atom. The largest absolute Gasteiger partial charge is 1.00 e. The number of unbranched alkanes of at least 4 members (excludes halogenated alkanes) is 8. The van der Waals surface area contributed by atoms with Gasteiger partial charge in [0, 0.05) is 6.42 Å². The molecule has 1 unspecified atom stereocenters. The number of carbonyl (C=O) groups excluding carboxylic acids is 1. The third-order valence-electron chi connectivity index (χ3n) is 3.55. The number of nitrogens with one attached hydrogen (secondary N) is 1. The molecule has 0 rings (SSSR count). The molecule has 1 amide bonds. The first-order chi connectivity index (χ1) is 9.91. The predicted molar refractivity (Wildman–Crippen MR) is 83.8 cm³/mol. The second-order valence-electron chi connectivity index (χ2n) is 5.54. The minimum atomic E-state index is -4.44. The van der Waals surface area contributed by atoms with Crippen LogP contribution in [0.3, 0.4) is 0 Å². The van der Waals surface area contributed by atoms with Crippen LogP contribution in [0.4, 0.5) is 0 Å². The average Bonchev–Trinajstić information content (AvgIpc) is 2.41. The fourth-order valence-corrected chi connectivity index (χ4v) is 2.91. The summed E-state index contributed by atoms with van der Waals surface area (Å²) in [4.78, 5) is 11.6. The molecule has 0 heterocycles. The molecule has 0 aliphatic heterocycles. The number of hydrogen-bond acceptors (Lipinski definition) is 4. The molecule has 0 radical (unpaired) electrons. The van der Waals surface area contributed by atoms with E-state index in [9.17, 15) is 17.8 Å². The second kappa shape index (κ2) is 14.9. The van der Waals surface area contributed by atoms with E-state index in [0.29, 0.717) is 6.42 Å². The molecule has 22 heavy (non-hydrogen) atoms. The fraction of sp³-hybridized carbons (Fsp3) is 0.933. The molecule has 0 aliphatic rings. The molecule has 126 valence electrons. The third-order valence-corrected chi connectivity index (χ3v) is 4.70. The quantitative estimate of drug-likeness (QED) is 0.296. The van der Waals surface area contributed by atoms with Gasteiger partial charge in [-0.25, -0.2) is 8.42 Å². The van der Waals surface area contributed by atoms with Gasteiger partial charge in [0.1, 0.15) is 15.5 Å². The number of rotatable bonds is 13. The van der Waals surface area contributed by atoms with E-state index >= 15 is 0 Å². The van der Waals surface area contributed by atoms with Crippen LogP contribution >= 0.6 is 0 Å². The summed E-state index contributed by atoms with van der Waals surface area (Å²) in [6, 6.07) is 0. The van der Waals surface area contributed by atoms with Crippen LogP contribution in [-0.4, -0.2) is 24.3 Å². The molecule has 0 fully saturated rings. The van der Waals surface area contributed by atoms with Gasteiger partial charge < -0.3 is 9.87 Å². The summed E-state index contributed by atoms with van der Waals surface area (Å²) < 4.78 is 32.6. The van der Waals surface area contributed by atoms with Crippen molar-refractivity contribution in [2.75, 3.05) is 0 Å². The van der Waals surface area contributed by atoms with E-state index in [1.165, 1.54) is 38.5 Å². The molecule has 5 nitrogen and oxygen atoms in total. The standard InChI is InChI=1S/C15H31NO4S.Na/c1-3-5-6-7-8-9-10-11-12-13-14(17)16-15(4-2)21(18,19)20;/h15H,3-13H2,1-2H3,(H,16,17)(H,18,19,20);/q;+1/p-1. The van der Waals surface area contributed by atoms with E-state index in [1.54, 1.807) is 6.92 Å². The van der Waals surface area contributed by atoms with E-state index in [-0.39, 0.29) is 41.9 Å². The Labute approximate surface area is 158 Å². The first-order valence-electron chi connectivity index (χ1n) is 8.15. The van der Waals surface area contributed by atoms with Gasteiger partial charge in [0.2, 0.25) is 5.91 Å². The second-order valence-corrected chi connectivity index (χ2v) is 7.09. The Bertz CT molecular complexity index is 374. The topological polar surface area (TPSA) is 86.3 Å². The number of carbonyl (C=O) groups is 1. The zero-order valence-corrected chi connectivity index (χ0v) is 17.2. The van der Waals surface area contributed by atoms with Crippen molar-refractivity contribution < 1.29 is 47.3 Å². The predicted octanol–water partition coefficient (Wildman–Crippen LogP) is 0.309. The maximum Gasteiger partial charge on any atom is 1.00 e. The number of amides is 1. The summed E-state index contributed by atoms with van der Waals surface area (Å²) in [5, 5.41) is 1.00. The Hall–Kier alpha value is 0.380. The van der Waals surface area contributed by atoms with Gasteiger partial charge in [-0.3, -0.25) is 4.79 Å². The zero-order valence-electron chi connectivity index (χ0n) is 14.4. The first kappa shape index (κ1) is 24.6. The van der Waals surface area contributed by atoms with Crippen LogP contribution in [0.15, 0.2) is 0 Å². The van der Waals surface area contributed by atoms with Gasteiger partial charge in [-0.05, 0) is 12.8 Å². The van der Waals surface area contributed by atoms with E-state index < -0.39 is 15.5 Å². The van der Waals surface area contributed by atoms with Crippen molar-refractivity contribution in [1.29, 1.82) is 0 Å². The monoisotopic (exact) mass is 343 g/mol. The van der Waals surface area contributed by atoms with Crippen molar-refractivity contribution in [3.05, 3.63) is 0 Å². The molecule has 0 aromatic rings. The molecule has 7 heteroatoms. The van der Waals surface area contributed by atoms with E-state index in [4.69, 9.17) is 0 Å². The minimum absolute atomic E-state index is 0. The summed E-state index contributed by atoms with van der Waals surface area (Å²) in [5.74, 6) is -0.343. The Morgan fingerprint density at radius 2 is 1.41 bits per heavy atom. The van der Waals surface area contributed by atoms with Crippen LogP contribution in [0.1, 0.15) is 84.5 Å². The molecule has 0 aromatic heterocycles. The maximum atomic E-state index is 11.6. The third kappa shape index (κ3) is 14.0. The smallest absolute Gasteiger partial charge is 0.746 e. The van der Waals surface area contributed by atoms with Gasteiger partial charge >= 0.3 is 29.6 Å². The normalized spacial score (nSPS) is 12.5. The minimum Gasteiger partial charge on any atom is -0.746 e. The van der Waals surface area contributed by atoms with Gasteiger partial charge in [0.25, 0.3) is 0 Å². The molecule has 0 saturated heterocycles. The van der Waals surface area contributed by atoms with Crippen molar-refractivity contribution in [1.82, 2.24) is 5.32 Å². The van der Waals surface area contributed by atoms with Crippen LogP contribution in [0.5, 0.6) is 0 Å². The fourth-order valence-electron chi connectivity index (χ4n) is 2.23. The van der Waals surface area contributed by atoms with Crippen LogP contribution in [0.2, 0.25) is 0 Å². The summed E-state index contributed by atoms with van der Waals surface area (Å²) in [5.41, 5.74) is 0. The summed E-state index contributed by atoms with van der Waals surface area (Å²) in [6.45, 7) is 3.77. The Morgan fingerprint density at radius 3 is 1.82 bits per heavy atom. The average molecular weight is 343 g/mol. The molecule has 0 spiro atoms. The molecular formula is C15H30NNaO4S. The zero-order chi connectivity index (χ0) is 16.1.